The number of piperidine rings is 1. The molecule has 36 heavy (non-hydrogen) atoms. The molecule has 0 radical (unpaired) electrons. The van der Waals surface area contributed by atoms with E-state index in [1.54, 1.807) is 4.90 Å². The van der Waals surface area contributed by atoms with Crippen molar-refractivity contribution < 1.29 is 23.5 Å². The van der Waals surface area contributed by atoms with Gasteiger partial charge >= 0.3 is 12.1 Å². The maximum Gasteiger partial charge on any atom is 0.410 e. The Morgan fingerprint density at radius 3 is 2.28 bits per heavy atom. The summed E-state index contributed by atoms with van der Waals surface area (Å²) in [7, 11) is -0.417. The quantitative estimate of drug-likeness (QED) is 0.391. The van der Waals surface area contributed by atoms with Crippen LogP contribution in [0, 0.1) is 5.92 Å². The lowest BCUT2D eigenvalue weighted by Crippen LogP contribution is -2.47. The Morgan fingerprint density at radius 1 is 1.03 bits per heavy atom. The zero-order valence-corrected chi connectivity index (χ0v) is 24.6. The zero-order valence-electron chi connectivity index (χ0n) is 23.6. The van der Waals surface area contributed by atoms with Crippen LogP contribution in [0.3, 0.4) is 0 Å². The second-order valence-electron chi connectivity index (χ2n) is 12.6. The number of pyridine rings is 1. The van der Waals surface area contributed by atoms with Crippen molar-refractivity contribution in [2.75, 3.05) is 38.2 Å². The molecule has 0 bridgehead atoms. The van der Waals surface area contributed by atoms with E-state index < -0.39 is 25.9 Å². The molecule has 9 heteroatoms. The third-order valence-electron chi connectivity index (χ3n) is 7.70. The summed E-state index contributed by atoms with van der Waals surface area (Å²) in [6.07, 6.45) is 3.36. The van der Waals surface area contributed by atoms with E-state index in [9.17, 15) is 9.59 Å². The maximum absolute atomic E-state index is 12.7. The third-order valence-corrected chi connectivity index (χ3v) is 12.2. The van der Waals surface area contributed by atoms with Gasteiger partial charge in [-0.3, -0.25) is 4.79 Å². The number of ether oxygens (including phenoxy) is 2. The molecule has 1 aromatic rings. The molecule has 1 aromatic heterocycles. The summed E-state index contributed by atoms with van der Waals surface area (Å²) in [5.41, 5.74) is 0.407. The van der Waals surface area contributed by atoms with Crippen molar-refractivity contribution in [3.8, 4) is 0 Å². The minimum absolute atomic E-state index is 0.0640. The van der Waals surface area contributed by atoms with E-state index in [0.29, 0.717) is 13.0 Å². The number of aromatic nitrogens is 1. The van der Waals surface area contributed by atoms with E-state index in [2.05, 4.69) is 44.8 Å². The Labute approximate surface area is 217 Å². The second kappa shape index (κ2) is 10.7. The molecule has 2 fully saturated rings. The molecule has 2 aliphatic heterocycles. The lowest BCUT2D eigenvalue weighted by Gasteiger charge is -2.38. The number of hydrogen-bond acceptors (Lipinski definition) is 7. The van der Waals surface area contributed by atoms with Gasteiger partial charge in [-0.1, -0.05) is 26.8 Å². The Bertz CT molecular complexity index is 923. The molecule has 3 atom stereocenters. The first kappa shape index (κ1) is 28.4. The Kier molecular flexibility index (Phi) is 8.45. The molecule has 0 aromatic carbocycles. The number of amides is 1. The number of nitrogens with zero attached hydrogens (tertiary/aromatic N) is 3. The van der Waals surface area contributed by atoms with Gasteiger partial charge in [-0.2, -0.15) is 0 Å². The van der Waals surface area contributed by atoms with Crippen LogP contribution in [0.25, 0.3) is 0 Å². The summed E-state index contributed by atoms with van der Waals surface area (Å²) in [4.78, 5) is 33.9. The van der Waals surface area contributed by atoms with Gasteiger partial charge in [-0.15, -0.1) is 0 Å². The largest absolute Gasteiger partial charge is 0.469 e. The van der Waals surface area contributed by atoms with Crippen LogP contribution in [-0.4, -0.2) is 75.3 Å². The van der Waals surface area contributed by atoms with Crippen LogP contribution in [0.15, 0.2) is 18.3 Å². The molecule has 8 nitrogen and oxygen atoms in total. The van der Waals surface area contributed by atoms with Gasteiger partial charge in [0.15, 0.2) is 8.32 Å². The lowest BCUT2D eigenvalue weighted by atomic mass is 9.81. The van der Waals surface area contributed by atoms with E-state index in [0.717, 1.165) is 30.9 Å². The highest BCUT2D eigenvalue weighted by atomic mass is 28.4. The summed E-state index contributed by atoms with van der Waals surface area (Å²) in [6.45, 7) is 19.5. The van der Waals surface area contributed by atoms with Crippen molar-refractivity contribution >= 4 is 26.2 Å². The van der Waals surface area contributed by atoms with Crippen molar-refractivity contribution in [2.24, 2.45) is 5.92 Å². The fraction of sp³-hybridized carbons (Fsp3) is 0.741. The zero-order chi connectivity index (χ0) is 26.9. The maximum atomic E-state index is 12.7. The van der Waals surface area contributed by atoms with Crippen molar-refractivity contribution in [2.45, 2.75) is 90.1 Å². The van der Waals surface area contributed by atoms with E-state index in [4.69, 9.17) is 18.9 Å². The molecular formula is C27H45N3O5Si. The average Bonchev–Trinajstić information content (AvgIpc) is 3.24. The highest BCUT2D eigenvalue weighted by Gasteiger charge is 2.41. The predicted octanol–water partition coefficient (Wildman–Crippen LogP) is 5.20. The number of likely N-dealkylation sites (tertiary alicyclic amines) is 1. The van der Waals surface area contributed by atoms with Crippen molar-refractivity contribution in [1.82, 2.24) is 9.88 Å². The third kappa shape index (κ3) is 6.79. The lowest BCUT2D eigenvalue weighted by molar-refractivity contribution is -0.148. The molecule has 0 N–H and O–H groups in total. The highest BCUT2D eigenvalue weighted by molar-refractivity contribution is 6.74. The van der Waals surface area contributed by atoms with E-state index in [1.165, 1.54) is 7.11 Å². The first-order chi connectivity index (χ1) is 16.6. The van der Waals surface area contributed by atoms with Crippen molar-refractivity contribution in [1.29, 1.82) is 0 Å². The molecule has 2 unspecified atom stereocenters. The number of carbonyl (C=O) groups excluding carboxylic acids is 2. The fourth-order valence-electron chi connectivity index (χ4n) is 4.66. The molecular weight excluding hydrogens is 474 g/mol. The summed E-state index contributed by atoms with van der Waals surface area (Å²) in [6, 6.07) is 4.10. The summed E-state index contributed by atoms with van der Waals surface area (Å²) >= 11 is 0. The predicted molar refractivity (Wildman–Crippen MR) is 144 cm³/mol. The Balaban J connectivity index is 1.67. The molecule has 0 aliphatic carbocycles. The minimum atomic E-state index is -1.81. The second-order valence-corrected chi connectivity index (χ2v) is 17.4. The SMILES string of the molecule is COC(=O)C1CN(C(=O)OC(C)(C)C)CCC1c1ccc(N2CC[C@H](O[Si](C)(C)C(C)(C)C)C2)nc1. The smallest absolute Gasteiger partial charge is 0.410 e. The van der Waals surface area contributed by atoms with Gasteiger partial charge in [0.2, 0.25) is 0 Å². The monoisotopic (exact) mass is 519 g/mol. The van der Waals surface area contributed by atoms with Gasteiger partial charge in [0.25, 0.3) is 0 Å². The van der Waals surface area contributed by atoms with Gasteiger partial charge in [0, 0.05) is 38.3 Å². The molecule has 1 amide bonds. The molecule has 2 aliphatic rings. The normalized spacial score (nSPS) is 23.5. The summed E-state index contributed by atoms with van der Waals surface area (Å²) in [5.74, 6) is 0.0902. The number of methoxy groups -OCH3 is 1. The van der Waals surface area contributed by atoms with E-state index >= 15 is 0 Å². The van der Waals surface area contributed by atoms with Crippen LogP contribution in [0.4, 0.5) is 10.6 Å². The summed E-state index contributed by atoms with van der Waals surface area (Å²) < 4.78 is 17.2. The molecule has 2 saturated heterocycles. The standard InChI is InChI=1S/C27H45N3O5Si/c1-26(2,3)34-25(32)30-15-13-21(22(18-30)24(31)33-7)19-10-11-23(28-16-19)29-14-12-20(17-29)35-36(8,9)27(4,5)6/h10-11,16,20-22H,12-15,17-18H2,1-9H3/t20-,21?,22?/m0/s1. The van der Waals surface area contributed by atoms with Crippen LogP contribution in [-0.2, 0) is 18.7 Å². The van der Waals surface area contributed by atoms with Crippen molar-refractivity contribution in [3.63, 3.8) is 0 Å². The minimum Gasteiger partial charge on any atom is -0.469 e. The van der Waals surface area contributed by atoms with E-state index in [1.807, 2.05) is 33.0 Å². The molecule has 0 saturated carbocycles. The van der Waals surface area contributed by atoms with Gasteiger partial charge in [-0.05, 0) is 63.4 Å². The van der Waals surface area contributed by atoms with Gasteiger partial charge < -0.3 is 23.7 Å². The van der Waals surface area contributed by atoms with Crippen molar-refractivity contribution in [3.05, 3.63) is 23.9 Å². The first-order valence-electron chi connectivity index (χ1n) is 13.1. The van der Waals surface area contributed by atoms with E-state index in [-0.39, 0.29) is 29.6 Å². The van der Waals surface area contributed by atoms with Crippen LogP contribution in [0.1, 0.15) is 65.9 Å². The number of esters is 1. The van der Waals surface area contributed by atoms with Gasteiger partial charge in [0.1, 0.15) is 11.4 Å². The molecule has 3 heterocycles. The highest BCUT2D eigenvalue weighted by Crippen LogP contribution is 2.39. The topological polar surface area (TPSA) is 81.2 Å². The first-order valence-corrected chi connectivity index (χ1v) is 16.0. The molecule has 202 valence electrons. The Hall–Kier alpha value is -2.13. The number of rotatable bonds is 5. The molecule has 0 spiro atoms. The Morgan fingerprint density at radius 2 is 1.72 bits per heavy atom. The average molecular weight is 520 g/mol. The van der Waals surface area contributed by atoms with Crippen LogP contribution in [0.2, 0.25) is 18.1 Å². The van der Waals surface area contributed by atoms with Gasteiger partial charge in [0.05, 0.1) is 19.1 Å². The van der Waals surface area contributed by atoms with Crippen LogP contribution in [0.5, 0.6) is 0 Å². The van der Waals surface area contributed by atoms with Crippen LogP contribution < -0.4 is 4.90 Å². The fourth-order valence-corrected chi connectivity index (χ4v) is 6.04. The van der Waals surface area contributed by atoms with Gasteiger partial charge in [-0.25, -0.2) is 9.78 Å². The number of carbonyl (C=O) groups is 2. The van der Waals surface area contributed by atoms with Crippen LogP contribution >= 0.6 is 0 Å². The number of hydrogen-bond donors (Lipinski definition) is 0. The summed E-state index contributed by atoms with van der Waals surface area (Å²) in [5, 5.41) is 0.190. The molecule has 3 rings (SSSR count). The number of anilines is 1.